The van der Waals surface area contributed by atoms with E-state index in [1.807, 2.05) is 50.2 Å². The van der Waals surface area contributed by atoms with E-state index in [1.165, 1.54) is 11.8 Å². The third kappa shape index (κ3) is 3.65. The third-order valence-corrected chi connectivity index (χ3v) is 4.89. The molecule has 0 aliphatic rings. The molecule has 0 aliphatic carbocycles. The topological polar surface area (TPSA) is 58.7 Å². The maximum Gasteiger partial charge on any atom is 0.174 e. The second-order valence-electron chi connectivity index (χ2n) is 5.66. The van der Waals surface area contributed by atoms with Crippen LogP contribution in [0.2, 0.25) is 0 Å². The van der Waals surface area contributed by atoms with E-state index in [0.717, 1.165) is 22.6 Å². The normalized spacial score (nSPS) is 10.4. The molecule has 25 heavy (non-hydrogen) atoms. The van der Waals surface area contributed by atoms with Gasteiger partial charge in [-0.1, -0.05) is 30.0 Å². The number of ketones is 1. The third-order valence-electron chi connectivity index (χ3n) is 3.96. The average Bonchev–Trinajstić information content (AvgIpc) is 2.95. The van der Waals surface area contributed by atoms with Crippen LogP contribution in [0.25, 0.3) is 5.69 Å². The smallest absolute Gasteiger partial charge is 0.174 e. The Bertz CT molecular complexity index is 955. The van der Waals surface area contributed by atoms with Crippen molar-refractivity contribution in [3.63, 3.8) is 0 Å². The molecule has 5 heteroatoms. The zero-order valence-corrected chi connectivity index (χ0v) is 14.9. The molecule has 0 spiro atoms. The van der Waals surface area contributed by atoms with E-state index in [9.17, 15) is 4.79 Å². The lowest BCUT2D eigenvalue weighted by Crippen LogP contribution is -2.05. The largest absolute Gasteiger partial charge is 0.318 e. The van der Waals surface area contributed by atoms with E-state index in [4.69, 9.17) is 5.26 Å². The lowest BCUT2D eigenvalue weighted by atomic mass is 10.2. The minimum Gasteiger partial charge on any atom is -0.318 e. The summed E-state index contributed by atoms with van der Waals surface area (Å²) in [4.78, 5) is 16.9. The van der Waals surface area contributed by atoms with Crippen LogP contribution in [0.3, 0.4) is 0 Å². The molecule has 2 heterocycles. The van der Waals surface area contributed by atoms with E-state index in [-0.39, 0.29) is 5.78 Å². The van der Waals surface area contributed by atoms with Gasteiger partial charge in [0.1, 0.15) is 0 Å². The summed E-state index contributed by atoms with van der Waals surface area (Å²) in [5, 5.41) is 9.62. The van der Waals surface area contributed by atoms with Crippen LogP contribution in [0.4, 0.5) is 0 Å². The first-order valence-corrected chi connectivity index (χ1v) is 8.85. The summed E-state index contributed by atoms with van der Waals surface area (Å²) in [5.41, 5.74) is 4.29. The molecule has 0 saturated carbocycles. The molecule has 0 bridgehead atoms. The van der Waals surface area contributed by atoms with Gasteiger partial charge in [-0.2, -0.15) is 5.26 Å². The second-order valence-corrected chi connectivity index (χ2v) is 6.66. The highest BCUT2D eigenvalue weighted by Crippen LogP contribution is 2.24. The maximum absolute atomic E-state index is 12.7. The zero-order chi connectivity index (χ0) is 17.8. The molecule has 0 N–H and O–H groups in total. The summed E-state index contributed by atoms with van der Waals surface area (Å²) in [5.74, 6) is 0.352. The first kappa shape index (κ1) is 17.0. The quantitative estimate of drug-likeness (QED) is 0.509. The van der Waals surface area contributed by atoms with Crippen LogP contribution in [-0.4, -0.2) is 21.1 Å². The van der Waals surface area contributed by atoms with Crippen LogP contribution < -0.4 is 0 Å². The number of pyridine rings is 1. The van der Waals surface area contributed by atoms with Crippen LogP contribution in [-0.2, 0) is 0 Å². The van der Waals surface area contributed by atoms with Crippen molar-refractivity contribution < 1.29 is 4.79 Å². The minimum atomic E-state index is 0.0597. The van der Waals surface area contributed by atoms with Crippen LogP contribution in [0, 0.1) is 25.2 Å². The Morgan fingerprint density at radius 2 is 1.96 bits per heavy atom. The Balaban J connectivity index is 1.80. The standard InChI is InChI=1S/C20H17N3OS/c1-14-10-18(15(2)23(14)17-6-4-3-5-7-17)19(24)13-25-20-11-16(12-21)8-9-22-20/h3-11H,13H2,1-2H3. The van der Waals surface area contributed by atoms with Crippen molar-refractivity contribution in [3.05, 3.63) is 77.2 Å². The summed E-state index contributed by atoms with van der Waals surface area (Å²) >= 11 is 1.35. The number of Topliss-reactive ketones (excluding diaryl/α,β-unsaturated/α-hetero) is 1. The maximum atomic E-state index is 12.7. The van der Waals surface area contributed by atoms with Crippen molar-refractivity contribution in [1.29, 1.82) is 5.26 Å². The molecule has 3 aromatic rings. The predicted octanol–water partition coefficient (Wildman–Crippen LogP) is 4.34. The highest BCUT2D eigenvalue weighted by Gasteiger charge is 2.17. The Kier molecular flexibility index (Phi) is 5.01. The van der Waals surface area contributed by atoms with Crippen molar-refractivity contribution >= 4 is 17.5 Å². The van der Waals surface area contributed by atoms with E-state index in [0.29, 0.717) is 16.3 Å². The van der Waals surface area contributed by atoms with Gasteiger partial charge in [0.15, 0.2) is 5.78 Å². The molecule has 0 amide bonds. The van der Waals surface area contributed by atoms with Crippen LogP contribution >= 0.6 is 11.8 Å². The van der Waals surface area contributed by atoms with Gasteiger partial charge in [-0.15, -0.1) is 0 Å². The highest BCUT2D eigenvalue weighted by molar-refractivity contribution is 7.99. The minimum absolute atomic E-state index is 0.0597. The molecule has 0 radical (unpaired) electrons. The van der Waals surface area contributed by atoms with Gasteiger partial charge in [0.25, 0.3) is 0 Å². The fourth-order valence-corrected chi connectivity index (χ4v) is 3.57. The molecule has 0 fully saturated rings. The zero-order valence-electron chi connectivity index (χ0n) is 14.1. The van der Waals surface area contributed by atoms with Gasteiger partial charge in [0.2, 0.25) is 0 Å². The molecule has 3 rings (SSSR count). The van der Waals surface area contributed by atoms with Gasteiger partial charge < -0.3 is 4.57 Å². The lowest BCUT2D eigenvalue weighted by Gasteiger charge is -2.09. The van der Waals surface area contributed by atoms with Gasteiger partial charge in [0, 0.05) is 28.8 Å². The first-order chi connectivity index (χ1) is 12.1. The molecular formula is C20H17N3OS. The molecule has 2 aromatic heterocycles. The Morgan fingerprint density at radius 1 is 1.20 bits per heavy atom. The molecule has 4 nitrogen and oxygen atoms in total. The molecule has 124 valence electrons. The number of hydrogen-bond acceptors (Lipinski definition) is 4. The number of carbonyl (C=O) groups excluding carboxylic acids is 1. The SMILES string of the molecule is Cc1cc(C(=O)CSc2cc(C#N)ccn2)c(C)n1-c1ccccc1. The molecular weight excluding hydrogens is 330 g/mol. The summed E-state index contributed by atoms with van der Waals surface area (Å²) in [6.07, 6.45) is 1.59. The number of rotatable bonds is 5. The van der Waals surface area contributed by atoms with Gasteiger partial charge in [0.05, 0.1) is 22.4 Å². The Hall–Kier alpha value is -2.84. The van der Waals surface area contributed by atoms with Crippen LogP contribution in [0.1, 0.15) is 27.3 Å². The van der Waals surface area contributed by atoms with E-state index >= 15 is 0 Å². The number of para-hydroxylation sites is 1. The number of nitriles is 1. The van der Waals surface area contributed by atoms with Crippen molar-refractivity contribution in [2.75, 3.05) is 5.75 Å². The number of aryl methyl sites for hydroxylation is 1. The Labute approximate surface area is 151 Å². The second kappa shape index (κ2) is 7.37. The molecule has 0 aliphatic heterocycles. The van der Waals surface area contributed by atoms with Gasteiger partial charge in [-0.3, -0.25) is 4.79 Å². The number of thioether (sulfide) groups is 1. The molecule has 0 atom stereocenters. The van der Waals surface area contributed by atoms with Crippen LogP contribution in [0.5, 0.6) is 0 Å². The van der Waals surface area contributed by atoms with Crippen LogP contribution in [0.15, 0.2) is 59.8 Å². The number of nitrogens with zero attached hydrogens (tertiary/aromatic N) is 3. The average molecular weight is 347 g/mol. The first-order valence-electron chi connectivity index (χ1n) is 7.86. The van der Waals surface area contributed by atoms with E-state index in [1.54, 1.807) is 18.3 Å². The van der Waals surface area contributed by atoms with Gasteiger partial charge >= 0.3 is 0 Å². The monoisotopic (exact) mass is 347 g/mol. The van der Waals surface area contributed by atoms with E-state index in [2.05, 4.69) is 15.6 Å². The summed E-state index contributed by atoms with van der Waals surface area (Å²) < 4.78 is 2.09. The van der Waals surface area contributed by atoms with Crippen molar-refractivity contribution in [1.82, 2.24) is 9.55 Å². The highest BCUT2D eigenvalue weighted by atomic mass is 32.2. The number of benzene rings is 1. The molecule has 1 aromatic carbocycles. The fraction of sp³-hybridized carbons (Fsp3) is 0.150. The van der Waals surface area contributed by atoms with Gasteiger partial charge in [-0.25, -0.2) is 4.98 Å². The number of aromatic nitrogens is 2. The van der Waals surface area contributed by atoms with Crippen molar-refractivity contribution in [2.45, 2.75) is 18.9 Å². The fourth-order valence-electron chi connectivity index (χ4n) is 2.79. The summed E-state index contributed by atoms with van der Waals surface area (Å²) in [7, 11) is 0. The number of hydrogen-bond donors (Lipinski definition) is 0. The summed E-state index contributed by atoms with van der Waals surface area (Å²) in [6, 6.07) is 17.4. The van der Waals surface area contributed by atoms with E-state index < -0.39 is 0 Å². The Morgan fingerprint density at radius 3 is 2.68 bits per heavy atom. The number of carbonyl (C=O) groups is 1. The van der Waals surface area contributed by atoms with Crippen molar-refractivity contribution in [3.8, 4) is 11.8 Å². The predicted molar refractivity (Wildman–Crippen MR) is 99.2 cm³/mol. The lowest BCUT2D eigenvalue weighted by molar-refractivity contribution is 0.102. The van der Waals surface area contributed by atoms with Gasteiger partial charge in [-0.05, 0) is 44.2 Å². The molecule has 0 unspecified atom stereocenters. The molecule has 0 saturated heterocycles. The summed E-state index contributed by atoms with van der Waals surface area (Å²) in [6.45, 7) is 3.97. The van der Waals surface area contributed by atoms with Crippen molar-refractivity contribution in [2.24, 2.45) is 0 Å².